The van der Waals surface area contributed by atoms with E-state index in [-0.39, 0.29) is 29.4 Å². The lowest BCUT2D eigenvalue weighted by Crippen LogP contribution is -2.43. The van der Waals surface area contributed by atoms with Gasteiger partial charge in [-0.05, 0) is 42.7 Å². The molecule has 1 N–H and O–H groups in total. The van der Waals surface area contributed by atoms with Crippen molar-refractivity contribution in [1.29, 1.82) is 0 Å². The molecule has 2 aromatic rings. The standard InChI is InChI=1S/C23H29N3O4S/c1-17-14-20-15-21(8-9-22(20)26(17)18(2)27)31(28,29)24-16-23(19-6-4-3-5-7-19)25-10-12-30-13-11-25/h3-9,15,17,23-24H,10-14,16H2,1-2H3. The molecule has 2 aromatic carbocycles. The summed E-state index contributed by atoms with van der Waals surface area (Å²) in [6, 6.07) is 14.9. The second kappa shape index (κ2) is 9.08. The van der Waals surface area contributed by atoms with Gasteiger partial charge in [-0.2, -0.15) is 0 Å². The SMILES string of the molecule is CC(=O)N1c2ccc(S(=O)(=O)NCC(c3ccccc3)N3CCOCC3)cc2CC1C. The monoisotopic (exact) mass is 443 g/mol. The van der Waals surface area contributed by atoms with Gasteiger partial charge in [0, 0.05) is 44.3 Å². The number of amides is 1. The smallest absolute Gasteiger partial charge is 0.240 e. The maximum absolute atomic E-state index is 13.1. The van der Waals surface area contributed by atoms with Gasteiger partial charge in [-0.25, -0.2) is 13.1 Å². The Morgan fingerprint density at radius 3 is 2.55 bits per heavy atom. The van der Waals surface area contributed by atoms with Gasteiger partial charge in [0.05, 0.1) is 18.1 Å². The summed E-state index contributed by atoms with van der Waals surface area (Å²) in [5.41, 5.74) is 2.76. The number of hydrogen-bond acceptors (Lipinski definition) is 5. The number of hydrogen-bond donors (Lipinski definition) is 1. The first-order valence-electron chi connectivity index (χ1n) is 10.7. The Labute approximate surface area is 184 Å². The van der Waals surface area contributed by atoms with Gasteiger partial charge in [-0.15, -0.1) is 0 Å². The van der Waals surface area contributed by atoms with Crippen molar-refractivity contribution in [1.82, 2.24) is 9.62 Å². The van der Waals surface area contributed by atoms with E-state index in [4.69, 9.17) is 4.74 Å². The Morgan fingerprint density at radius 1 is 1.16 bits per heavy atom. The normalized spacial score (nSPS) is 20.5. The lowest BCUT2D eigenvalue weighted by atomic mass is 10.1. The molecule has 31 heavy (non-hydrogen) atoms. The first-order chi connectivity index (χ1) is 14.9. The Kier molecular flexibility index (Phi) is 6.43. The van der Waals surface area contributed by atoms with Crippen molar-refractivity contribution in [3.8, 4) is 0 Å². The van der Waals surface area contributed by atoms with Gasteiger partial charge in [-0.3, -0.25) is 9.69 Å². The molecule has 2 aliphatic rings. The quantitative estimate of drug-likeness (QED) is 0.741. The minimum absolute atomic E-state index is 0.0298. The van der Waals surface area contributed by atoms with Gasteiger partial charge in [0.2, 0.25) is 15.9 Å². The highest BCUT2D eigenvalue weighted by Crippen LogP contribution is 2.34. The maximum Gasteiger partial charge on any atom is 0.240 e. The summed E-state index contributed by atoms with van der Waals surface area (Å²) < 4.78 is 34.5. The van der Waals surface area contributed by atoms with Crippen LogP contribution in [0.4, 0.5) is 5.69 Å². The van der Waals surface area contributed by atoms with Crippen molar-refractivity contribution < 1.29 is 17.9 Å². The van der Waals surface area contributed by atoms with Gasteiger partial charge in [0.1, 0.15) is 0 Å². The van der Waals surface area contributed by atoms with Gasteiger partial charge < -0.3 is 9.64 Å². The lowest BCUT2D eigenvalue weighted by molar-refractivity contribution is -0.116. The van der Waals surface area contributed by atoms with Crippen LogP contribution in [0.15, 0.2) is 53.4 Å². The predicted molar refractivity (Wildman–Crippen MR) is 120 cm³/mol. The molecule has 0 radical (unpaired) electrons. The average molecular weight is 444 g/mol. The molecule has 2 atom stereocenters. The number of fused-ring (bicyclic) bond motifs is 1. The summed E-state index contributed by atoms with van der Waals surface area (Å²) in [6.07, 6.45) is 0.651. The third-order valence-electron chi connectivity index (χ3n) is 6.05. The van der Waals surface area contributed by atoms with Crippen LogP contribution in [0.2, 0.25) is 0 Å². The van der Waals surface area contributed by atoms with Crippen molar-refractivity contribution in [2.24, 2.45) is 0 Å². The van der Waals surface area contributed by atoms with Crippen molar-refractivity contribution in [2.45, 2.75) is 37.2 Å². The highest BCUT2D eigenvalue weighted by molar-refractivity contribution is 7.89. The number of carbonyl (C=O) groups excluding carboxylic acids is 1. The number of nitrogens with zero attached hydrogens (tertiary/aromatic N) is 2. The summed E-state index contributed by atoms with van der Waals surface area (Å²) in [7, 11) is -3.69. The molecule has 166 valence electrons. The van der Waals surface area contributed by atoms with Crippen LogP contribution in [0.1, 0.15) is 31.0 Å². The number of ether oxygens (including phenoxy) is 1. The Bertz CT molecular complexity index is 1040. The molecule has 2 heterocycles. The summed E-state index contributed by atoms with van der Waals surface area (Å²) in [4.78, 5) is 16.2. The molecular formula is C23H29N3O4S. The van der Waals surface area contributed by atoms with Crippen LogP contribution in [0.5, 0.6) is 0 Å². The van der Waals surface area contributed by atoms with Crippen LogP contribution < -0.4 is 9.62 Å². The second-order valence-electron chi connectivity index (χ2n) is 8.16. The van der Waals surface area contributed by atoms with Crippen LogP contribution in [0.3, 0.4) is 0 Å². The zero-order chi connectivity index (χ0) is 22.0. The summed E-state index contributed by atoms with van der Waals surface area (Å²) in [5.74, 6) is -0.0313. The van der Waals surface area contributed by atoms with E-state index in [1.165, 1.54) is 6.92 Å². The highest BCUT2D eigenvalue weighted by atomic mass is 32.2. The van der Waals surface area contributed by atoms with Crippen LogP contribution in [-0.2, 0) is 26.0 Å². The number of anilines is 1. The van der Waals surface area contributed by atoms with Gasteiger partial charge in [-0.1, -0.05) is 30.3 Å². The molecule has 0 spiro atoms. The number of benzene rings is 2. The van der Waals surface area contributed by atoms with E-state index < -0.39 is 10.0 Å². The molecule has 0 bridgehead atoms. The molecule has 1 fully saturated rings. The fraction of sp³-hybridized carbons (Fsp3) is 0.435. The summed E-state index contributed by atoms with van der Waals surface area (Å²) in [5, 5.41) is 0. The third-order valence-corrected chi connectivity index (χ3v) is 7.47. The average Bonchev–Trinajstić information content (AvgIpc) is 3.10. The predicted octanol–water partition coefficient (Wildman–Crippen LogP) is 2.34. The number of nitrogens with one attached hydrogen (secondary N) is 1. The van der Waals surface area contributed by atoms with Crippen LogP contribution in [-0.4, -0.2) is 58.1 Å². The molecule has 1 amide bonds. The first kappa shape index (κ1) is 22.0. The number of rotatable bonds is 6. The summed E-state index contributed by atoms with van der Waals surface area (Å²) >= 11 is 0. The van der Waals surface area contributed by atoms with E-state index in [0.29, 0.717) is 19.6 Å². The Balaban J connectivity index is 1.54. The third kappa shape index (κ3) is 4.67. The molecule has 8 heteroatoms. The summed E-state index contributed by atoms with van der Waals surface area (Å²) in [6.45, 7) is 6.60. The number of sulfonamides is 1. The van der Waals surface area contributed by atoms with Crippen molar-refractivity contribution >= 4 is 21.6 Å². The Morgan fingerprint density at radius 2 is 1.87 bits per heavy atom. The molecule has 7 nitrogen and oxygen atoms in total. The minimum Gasteiger partial charge on any atom is -0.379 e. The molecule has 0 saturated carbocycles. The number of carbonyl (C=O) groups is 1. The molecular weight excluding hydrogens is 414 g/mol. The lowest BCUT2D eigenvalue weighted by Gasteiger charge is -2.34. The van der Waals surface area contributed by atoms with Gasteiger partial charge >= 0.3 is 0 Å². The molecule has 0 aromatic heterocycles. The van der Waals surface area contributed by atoms with Crippen LogP contribution >= 0.6 is 0 Å². The number of morpholine rings is 1. The molecule has 1 saturated heterocycles. The zero-order valence-corrected chi connectivity index (χ0v) is 18.8. The molecule has 2 aliphatic heterocycles. The van der Waals surface area contributed by atoms with E-state index in [1.54, 1.807) is 23.1 Å². The zero-order valence-electron chi connectivity index (χ0n) is 18.0. The van der Waals surface area contributed by atoms with Crippen LogP contribution in [0.25, 0.3) is 0 Å². The van der Waals surface area contributed by atoms with E-state index >= 15 is 0 Å². The van der Waals surface area contributed by atoms with Crippen molar-refractivity contribution in [2.75, 3.05) is 37.7 Å². The highest BCUT2D eigenvalue weighted by Gasteiger charge is 2.31. The largest absolute Gasteiger partial charge is 0.379 e. The van der Waals surface area contributed by atoms with Crippen LogP contribution in [0, 0.1) is 0 Å². The molecule has 0 aliphatic carbocycles. The fourth-order valence-electron chi connectivity index (χ4n) is 4.55. The van der Waals surface area contributed by atoms with Crippen molar-refractivity contribution in [3.63, 3.8) is 0 Å². The van der Waals surface area contributed by atoms with E-state index in [0.717, 1.165) is 29.9 Å². The van der Waals surface area contributed by atoms with E-state index in [2.05, 4.69) is 9.62 Å². The first-order valence-corrected chi connectivity index (χ1v) is 12.1. The maximum atomic E-state index is 13.1. The fourth-order valence-corrected chi connectivity index (χ4v) is 5.64. The van der Waals surface area contributed by atoms with Gasteiger partial charge in [0.15, 0.2) is 0 Å². The molecule has 4 rings (SSSR count). The topological polar surface area (TPSA) is 79.0 Å². The second-order valence-corrected chi connectivity index (χ2v) is 9.93. The van der Waals surface area contributed by atoms with E-state index in [9.17, 15) is 13.2 Å². The minimum atomic E-state index is -3.69. The van der Waals surface area contributed by atoms with Gasteiger partial charge in [0.25, 0.3) is 0 Å². The Hall–Kier alpha value is -2.26. The molecule has 2 unspecified atom stereocenters. The van der Waals surface area contributed by atoms with E-state index in [1.807, 2.05) is 37.3 Å². The van der Waals surface area contributed by atoms with Crippen molar-refractivity contribution in [3.05, 3.63) is 59.7 Å².